The van der Waals surface area contributed by atoms with Crippen LogP contribution in [-0.4, -0.2) is 29.3 Å². The number of hydrogen-bond donors (Lipinski definition) is 2. The van der Waals surface area contributed by atoms with Gasteiger partial charge < -0.3 is 15.2 Å². The third-order valence-corrected chi connectivity index (χ3v) is 4.26. The second-order valence-corrected chi connectivity index (χ2v) is 6.15. The highest BCUT2D eigenvalue weighted by molar-refractivity contribution is 5.65. The maximum absolute atomic E-state index is 14.0. The third-order valence-electron chi connectivity index (χ3n) is 4.26. The standard InChI is InChI=1S/C18H16FN3O3/c19-16-15(13-3-1-12(8-20)2-4-13)7-14(9-21-16)25-11-18(5-6-18)10-22-17(23)24/h1-4,7,9,22H,5-6,10-11H2,(H,23,24). The Labute approximate surface area is 143 Å². The highest BCUT2D eigenvalue weighted by Gasteiger charge is 2.43. The smallest absolute Gasteiger partial charge is 0.404 e. The molecular weight excluding hydrogens is 325 g/mol. The fourth-order valence-corrected chi connectivity index (χ4v) is 2.48. The lowest BCUT2D eigenvalue weighted by Crippen LogP contribution is -2.31. The Hall–Kier alpha value is -3.14. The molecule has 1 saturated carbocycles. The van der Waals surface area contributed by atoms with Gasteiger partial charge in [0, 0.05) is 17.5 Å². The summed E-state index contributed by atoms with van der Waals surface area (Å²) in [5, 5.41) is 19.9. The minimum Gasteiger partial charge on any atom is -0.491 e. The van der Waals surface area contributed by atoms with Crippen LogP contribution in [0.3, 0.4) is 0 Å². The molecule has 3 rings (SSSR count). The van der Waals surface area contributed by atoms with E-state index in [0.717, 1.165) is 12.8 Å². The van der Waals surface area contributed by atoms with Gasteiger partial charge in [0.25, 0.3) is 0 Å². The van der Waals surface area contributed by atoms with E-state index in [4.69, 9.17) is 15.1 Å². The molecule has 0 unspecified atom stereocenters. The third kappa shape index (κ3) is 4.04. The van der Waals surface area contributed by atoms with E-state index in [1.807, 2.05) is 6.07 Å². The quantitative estimate of drug-likeness (QED) is 0.787. The molecule has 0 spiro atoms. The van der Waals surface area contributed by atoms with Gasteiger partial charge in [-0.05, 0) is 36.6 Å². The van der Waals surface area contributed by atoms with Crippen molar-refractivity contribution in [2.24, 2.45) is 5.41 Å². The van der Waals surface area contributed by atoms with Crippen LogP contribution < -0.4 is 10.1 Å². The molecule has 0 radical (unpaired) electrons. The number of carbonyl (C=O) groups is 1. The maximum atomic E-state index is 14.0. The van der Waals surface area contributed by atoms with Gasteiger partial charge in [0.05, 0.1) is 24.4 Å². The van der Waals surface area contributed by atoms with Gasteiger partial charge in [0.2, 0.25) is 5.95 Å². The highest BCUT2D eigenvalue weighted by Crippen LogP contribution is 2.45. The van der Waals surface area contributed by atoms with Crippen LogP contribution in [0.25, 0.3) is 11.1 Å². The lowest BCUT2D eigenvalue weighted by molar-refractivity contribution is 0.183. The van der Waals surface area contributed by atoms with E-state index >= 15 is 0 Å². The van der Waals surface area contributed by atoms with Crippen molar-refractivity contribution >= 4 is 6.09 Å². The first-order valence-electron chi connectivity index (χ1n) is 7.77. The van der Waals surface area contributed by atoms with Gasteiger partial charge in [-0.15, -0.1) is 0 Å². The van der Waals surface area contributed by atoms with E-state index in [1.54, 1.807) is 30.3 Å². The number of carboxylic acid groups (broad SMARTS) is 1. The molecule has 1 heterocycles. The number of hydrogen-bond acceptors (Lipinski definition) is 4. The minimum atomic E-state index is -1.06. The van der Waals surface area contributed by atoms with E-state index < -0.39 is 12.0 Å². The molecule has 128 valence electrons. The van der Waals surface area contributed by atoms with Crippen molar-refractivity contribution in [3.63, 3.8) is 0 Å². The van der Waals surface area contributed by atoms with Crippen molar-refractivity contribution in [2.45, 2.75) is 12.8 Å². The first-order valence-corrected chi connectivity index (χ1v) is 7.77. The number of nitrogens with zero attached hydrogens (tertiary/aromatic N) is 2. The number of ether oxygens (including phenoxy) is 1. The second-order valence-electron chi connectivity index (χ2n) is 6.15. The van der Waals surface area contributed by atoms with Gasteiger partial charge in [-0.2, -0.15) is 9.65 Å². The summed E-state index contributed by atoms with van der Waals surface area (Å²) in [6, 6.07) is 10.1. The van der Waals surface area contributed by atoms with Gasteiger partial charge in [-0.1, -0.05) is 12.1 Å². The zero-order valence-electron chi connectivity index (χ0n) is 13.3. The SMILES string of the molecule is N#Cc1ccc(-c2cc(OCC3(CNC(=O)O)CC3)cnc2F)cc1. The molecule has 0 bridgehead atoms. The van der Waals surface area contributed by atoms with Crippen molar-refractivity contribution in [1.82, 2.24) is 10.3 Å². The minimum absolute atomic E-state index is 0.193. The summed E-state index contributed by atoms with van der Waals surface area (Å²) in [4.78, 5) is 14.3. The van der Waals surface area contributed by atoms with E-state index in [2.05, 4.69) is 10.3 Å². The number of rotatable bonds is 6. The molecule has 1 aromatic heterocycles. The Morgan fingerprint density at radius 3 is 2.72 bits per heavy atom. The number of benzene rings is 1. The Balaban J connectivity index is 1.71. The van der Waals surface area contributed by atoms with Crippen LogP contribution in [0.2, 0.25) is 0 Å². The molecule has 25 heavy (non-hydrogen) atoms. The van der Waals surface area contributed by atoms with E-state index in [0.29, 0.717) is 30.0 Å². The number of amides is 1. The lowest BCUT2D eigenvalue weighted by atomic mass is 10.1. The summed E-state index contributed by atoms with van der Waals surface area (Å²) in [5.74, 6) is -0.201. The van der Waals surface area contributed by atoms with Crippen LogP contribution in [0.5, 0.6) is 5.75 Å². The first kappa shape index (κ1) is 16.7. The van der Waals surface area contributed by atoms with Gasteiger partial charge in [0.1, 0.15) is 5.75 Å². The fourth-order valence-electron chi connectivity index (χ4n) is 2.48. The number of nitriles is 1. The summed E-state index contributed by atoms with van der Waals surface area (Å²) in [6.45, 7) is 0.673. The van der Waals surface area contributed by atoms with Gasteiger partial charge in [-0.3, -0.25) is 0 Å². The summed E-state index contributed by atoms with van der Waals surface area (Å²) >= 11 is 0. The van der Waals surface area contributed by atoms with Gasteiger partial charge in [0.15, 0.2) is 0 Å². The monoisotopic (exact) mass is 341 g/mol. The Bertz CT molecular complexity index is 826. The maximum Gasteiger partial charge on any atom is 0.404 e. The average Bonchev–Trinajstić information content (AvgIpc) is 3.40. The summed E-state index contributed by atoms with van der Waals surface area (Å²) in [7, 11) is 0. The van der Waals surface area contributed by atoms with E-state index in [9.17, 15) is 9.18 Å². The Kier molecular flexibility index (Phi) is 4.52. The topological polar surface area (TPSA) is 95.2 Å². The number of nitrogens with one attached hydrogen (secondary N) is 1. The van der Waals surface area contributed by atoms with Crippen LogP contribution in [0, 0.1) is 22.7 Å². The average molecular weight is 341 g/mol. The van der Waals surface area contributed by atoms with Crippen LogP contribution in [0.1, 0.15) is 18.4 Å². The van der Waals surface area contributed by atoms with Crippen LogP contribution >= 0.6 is 0 Å². The molecule has 6 nitrogen and oxygen atoms in total. The molecule has 1 aliphatic carbocycles. The van der Waals surface area contributed by atoms with E-state index in [1.165, 1.54) is 6.20 Å². The zero-order valence-corrected chi connectivity index (χ0v) is 13.3. The first-order chi connectivity index (χ1) is 12.0. The summed E-state index contributed by atoms with van der Waals surface area (Å²) in [6.07, 6.45) is 2.01. The number of pyridine rings is 1. The fraction of sp³-hybridized carbons (Fsp3) is 0.278. The molecule has 0 aliphatic heterocycles. The predicted octanol–water partition coefficient (Wildman–Crippen LogP) is 3.19. The highest BCUT2D eigenvalue weighted by atomic mass is 19.1. The van der Waals surface area contributed by atoms with Gasteiger partial charge in [-0.25, -0.2) is 9.78 Å². The summed E-state index contributed by atoms with van der Waals surface area (Å²) < 4.78 is 19.7. The molecule has 7 heteroatoms. The molecule has 1 aliphatic rings. The van der Waals surface area contributed by atoms with E-state index in [-0.39, 0.29) is 11.0 Å². The second kappa shape index (κ2) is 6.77. The summed E-state index contributed by atoms with van der Waals surface area (Å²) in [5.41, 5.74) is 1.19. The molecule has 2 aromatic rings. The number of aromatic nitrogens is 1. The van der Waals surface area contributed by atoms with Crippen LogP contribution in [-0.2, 0) is 0 Å². The molecule has 2 N–H and O–H groups in total. The normalized spacial score (nSPS) is 14.4. The van der Waals surface area contributed by atoms with Crippen molar-refractivity contribution in [2.75, 3.05) is 13.2 Å². The lowest BCUT2D eigenvalue weighted by Gasteiger charge is -2.16. The van der Waals surface area contributed by atoms with Crippen molar-refractivity contribution < 1.29 is 19.0 Å². The molecular formula is C18H16FN3O3. The van der Waals surface area contributed by atoms with Gasteiger partial charge >= 0.3 is 6.09 Å². The molecule has 1 amide bonds. The van der Waals surface area contributed by atoms with Crippen LogP contribution in [0.4, 0.5) is 9.18 Å². The van der Waals surface area contributed by atoms with Crippen molar-refractivity contribution in [1.29, 1.82) is 5.26 Å². The predicted molar refractivity (Wildman–Crippen MR) is 87.5 cm³/mol. The largest absolute Gasteiger partial charge is 0.491 e. The number of halogens is 1. The van der Waals surface area contributed by atoms with Crippen molar-refractivity contribution in [3.05, 3.63) is 48.0 Å². The molecule has 0 atom stereocenters. The molecule has 1 aromatic carbocycles. The Morgan fingerprint density at radius 2 is 2.12 bits per heavy atom. The zero-order chi connectivity index (χ0) is 17.9. The van der Waals surface area contributed by atoms with Crippen LogP contribution in [0.15, 0.2) is 36.5 Å². The Morgan fingerprint density at radius 1 is 1.40 bits per heavy atom. The molecule has 1 fully saturated rings. The van der Waals surface area contributed by atoms with Crippen molar-refractivity contribution in [3.8, 4) is 22.9 Å². The molecule has 0 saturated heterocycles.